The Morgan fingerprint density at radius 1 is 1.16 bits per heavy atom. The lowest BCUT2D eigenvalue weighted by Gasteiger charge is -2.43. The van der Waals surface area contributed by atoms with Crippen LogP contribution in [-0.4, -0.2) is 74.7 Å². The molecule has 2 rings (SSSR count). The number of para-hydroxylation sites is 1. The smallest absolute Gasteiger partial charge is 0.319 e. The molecule has 1 aromatic rings. The predicted octanol–water partition coefficient (Wildman–Crippen LogP) is -0.272. The minimum atomic E-state index is -1.46. The third kappa shape index (κ3) is 4.84. The molecule has 0 radical (unpaired) electrons. The Bertz CT molecular complexity index is 559. The number of nitrogens with one attached hydrogen (secondary N) is 2. The van der Waals surface area contributed by atoms with Crippen LogP contribution in [0.15, 0.2) is 30.3 Å². The first-order chi connectivity index (χ1) is 11.8. The fraction of sp³-hybridized carbons (Fsp3) is 0.562. The van der Waals surface area contributed by atoms with Gasteiger partial charge in [0.25, 0.3) is 0 Å². The standard InChI is InChI=1S/C16H24N2O6S/c1-8(19)10(18-16(23)17-9-6-4-3-5-7-9)14-12(21)11(20)13(22)15(24-14)25-2/h3-8,10-15,19-22H,1-2H3,(H2,17,18,23)/t8-,10-,11+,12-,13-,14-,15-/m1/s1. The van der Waals surface area contributed by atoms with Gasteiger partial charge in [0.15, 0.2) is 0 Å². The number of urea groups is 1. The molecule has 0 aromatic heterocycles. The molecule has 0 saturated carbocycles. The van der Waals surface area contributed by atoms with Crippen molar-refractivity contribution >= 4 is 23.5 Å². The summed E-state index contributed by atoms with van der Waals surface area (Å²) in [6.45, 7) is 1.44. The fourth-order valence-electron chi connectivity index (χ4n) is 2.68. The number of thioether (sulfide) groups is 1. The van der Waals surface area contributed by atoms with Crippen molar-refractivity contribution in [1.29, 1.82) is 0 Å². The minimum Gasteiger partial charge on any atom is -0.391 e. The highest BCUT2D eigenvalue weighted by Crippen LogP contribution is 2.29. The van der Waals surface area contributed by atoms with Gasteiger partial charge in [0.1, 0.15) is 29.9 Å². The van der Waals surface area contributed by atoms with Crippen LogP contribution in [0, 0.1) is 0 Å². The number of aliphatic hydroxyl groups is 4. The number of carbonyl (C=O) groups is 1. The van der Waals surface area contributed by atoms with Gasteiger partial charge in [0.05, 0.1) is 12.1 Å². The Hall–Kier alpha value is -1.36. The zero-order valence-corrected chi connectivity index (χ0v) is 14.8. The lowest BCUT2D eigenvalue weighted by molar-refractivity contribution is -0.209. The zero-order chi connectivity index (χ0) is 18.6. The van der Waals surface area contributed by atoms with E-state index in [-0.39, 0.29) is 0 Å². The van der Waals surface area contributed by atoms with Crippen LogP contribution in [-0.2, 0) is 4.74 Å². The molecule has 1 saturated heterocycles. The summed E-state index contributed by atoms with van der Waals surface area (Å²) >= 11 is 1.16. The molecule has 140 valence electrons. The molecule has 1 aliphatic heterocycles. The SMILES string of the molecule is CS[C@H]1O[C@H]([C@H](NC(=O)Nc2ccccc2)[C@@H](C)O)[C@H](O)[C@H](O)[C@H]1O. The summed E-state index contributed by atoms with van der Waals surface area (Å²) in [5, 5.41) is 45.3. The Morgan fingerprint density at radius 2 is 1.80 bits per heavy atom. The predicted molar refractivity (Wildman–Crippen MR) is 94.3 cm³/mol. The van der Waals surface area contributed by atoms with Gasteiger partial charge in [-0.25, -0.2) is 4.79 Å². The van der Waals surface area contributed by atoms with Gasteiger partial charge in [0.2, 0.25) is 0 Å². The molecule has 25 heavy (non-hydrogen) atoms. The van der Waals surface area contributed by atoms with Crippen molar-refractivity contribution in [2.45, 2.75) is 48.9 Å². The van der Waals surface area contributed by atoms with Crippen LogP contribution in [0.3, 0.4) is 0 Å². The molecule has 9 heteroatoms. The second-order valence-corrected chi connectivity index (χ2v) is 6.84. The maximum Gasteiger partial charge on any atom is 0.319 e. The minimum absolute atomic E-state index is 0.562. The van der Waals surface area contributed by atoms with E-state index in [1.807, 2.05) is 6.07 Å². The summed E-state index contributed by atoms with van der Waals surface area (Å²) in [5.41, 5.74) is -0.226. The Morgan fingerprint density at radius 3 is 2.36 bits per heavy atom. The molecule has 8 nitrogen and oxygen atoms in total. The largest absolute Gasteiger partial charge is 0.391 e. The molecule has 0 spiro atoms. The quantitative estimate of drug-likeness (QED) is 0.419. The molecule has 0 bridgehead atoms. The van der Waals surface area contributed by atoms with Crippen LogP contribution in [0.25, 0.3) is 0 Å². The molecule has 1 fully saturated rings. The van der Waals surface area contributed by atoms with E-state index in [2.05, 4.69) is 10.6 Å². The van der Waals surface area contributed by atoms with Gasteiger partial charge in [-0.05, 0) is 25.3 Å². The van der Waals surface area contributed by atoms with Crippen molar-refractivity contribution < 1.29 is 30.0 Å². The third-order valence-corrected chi connectivity index (χ3v) is 4.90. The maximum absolute atomic E-state index is 12.2. The highest BCUT2D eigenvalue weighted by Gasteiger charge is 2.47. The number of benzene rings is 1. The number of ether oxygens (including phenoxy) is 1. The first-order valence-corrected chi connectivity index (χ1v) is 9.17. The molecule has 1 aromatic carbocycles. The van der Waals surface area contributed by atoms with Gasteiger partial charge in [0, 0.05) is 5.69 Å². The molecular weight excluding hydrogens is 348 g/mol. The van der Waals surface area contributed by atoms with Gasteiger partial charge >= 0.3 is 6.03 Å². The Balaban J connectivity index is 2.09. The summed E-state index contributed by atoms with van der Waals surface area (Å²) in [6, 6.07) is 7.15. The number of hydrogen-bond acceptors (Lipinski definition) is 7. The number of anilines is 1. The van der Waals surface area contributed by atoms with Crippen molar-refractivity contribution in [3.8, 4) is 0 Å². The van der Waals surface area contributed by atoms with Gasteiger partial charge in [-0.3, -0.25) is 0 Å². The molecule has 2 amide bonds. The molecule has 1 aliphatic rings. The lowest BCUT2D eigenvalue weighted by Crippen LogP contribution is -2.65. The van der Waals surface area contributed by atoms with Crippen molar-refractivity contribution in [3.63, 3.8) is 0 Å². The Kier molecular flexibility index (Phi) is 7.05. The van der Waals surface area contributed by atoms with Crippen LogP contribution in [0.4, 0.5) is 10.5 Å². The van der Waals surface area contributed by atoms with Gasteiger partial charge < -0.3 is 35.8 Å². The average Bonchev–Trinajstić information content (AvgIpc) is 2.59. The monoisotopic (exact) mass is 372 g/mol. The average molecular weight is 372 g/mol. The van der Waals surface area contributed by atoms with Gasteiger partial charge in [-0.1, -0.05) is 18.2 Å². The lowest BCUT2D eigenvalue weighted by atomic mass is 9.92. The zero-order valence-electron chi connectivity index (χ0n) is 13.9. The summed E-state index contributed by atoms with van der Waals surface area (Å²) < 4.78 is 5.61. The Labute approximate surface area is 150 Å². The molecule has 0 aliphatic carbocycles. The van der Waals surface area contributed by atoms with E-state index in [9.17, 15) is 25.2 Å². The van der Waals surface area contributed by atoms with Crippen LogP contribution in [0.5, 0.6) is 0 Å². The summed E-state index contributed by atoms with van der Waals surface area (Å²) in [4.78, 5) is 12.2. The van der Waals surface area contributed by atoms with Crippen molar-refractivity contribution in [2.24, 2.45) is 0 Å². The maximum atomic E-state index is 12.2. The van der Waals surface area contributed by atoms with E-state index in [0.717, 1.165) is 11.8 Å². The molecule has 1 heterocycles. The summed E-state index contributed by atoms with van der Waals surface area (Å²) in [7, 11) is 0. The fourth-order valence-corrected chi connectivity index (χ4v) is 3.36. The van der Waals surface area contributed by atoms with E-state index in [4.69, 9.17) is 4.74 Å². The van der Waals surface area contributed by atoms with Crippen LogP contribution < -0.4 is 10.6 Å². The van der Waals surface area contributed by atoms with Crippen molar-refractivity contribution in [2.75, 3.05) is 11.6 Å². The number of hydrogen-bond donors (Lipinski definition) is 6. The van der Waals surface area contributed by atoms with E-state index >= 15 is 0 Å². The first-order valence-electron chi connectivity index (χ1n) is 7.88. The van der Waals surface area contributed by atoms with Crippen molar-refractivity contribution in [3.05, 3.63) is 30.3 Å². The summed E-state index contributed by atoms with van der Waals surface area (Å²) in [6.07, 6.45) is -4.65. The number of rotatable bonds is 5. The molecule has 0 unspecified atom stereocenters. The highest BCUT2D eigenvalue weighted by atomic mass is 32.2. The van der Waals surface area contributed by atoms with Crippen molar-refractivity contribution in [1.82, 2.24) is 5.32 Å². The van der Waals surface area contributed by atoms with Gasteiger partial charge in [-0.2, -0.15) is 0 Å². The van der Waals surface area contributed by atoms with E-state index in [1.165, 1.54) is 6.92 Å². The molecule has 6 N–H and O–H groups in total. The third-order valence-electron chi connectivity index (χ3n) is 4.04. The number of carbonyl (C=O) groups excluding carboxylic acids is 1. The second-order valence-electron chi connectivity index (χ2n) is 5.91. The van der Waals surface area contributed by atoms with Gasteiger partial charge in [-0.15, -0.1) is 11.8 Å². The molecular formula is C16H24N2O6S. The van der Waals surface area contributed by atoms with Crippen LogP contribution in [0.1, 0.15) is 6.92 Å². The van der Waals surface area contributed by atoms with Crippen LogP contribution >= 0.6 is 11.8 Å². The second kappa shape index (κ2) is 8.84. The van der Waals surface area contributed by atoms with E-state index < -0.39 is 48.0 Å². The van der Waals surface area contributed by atoms with E-state index in [1.54, 1.807) is 30.5 Å². The van der Waals surface area contributed by atoms with Crippen LogP contribution in [0.2, 0.25) is 0 Å². The highest BCUT2D eigenvalue weighted by molar-refractivity contribution is 7.99. The number of aliphatic hydroxyl groups excluding tert-OH is 4. The first kappa shape index (κ1) is 20.0. The summed E-state index contributed by atoms with van der Waals surface area (Å²) in [5.74, 6) is 0. The number of amides is 2. The van der Waals surface area contributed by atoms with E-state index in [0.29, 0.717) is 5.69 Å². The molecule has 7 atom stereocenters. The topological polar surface area (TPSA) is 131 Å². The normalized spacial score (nSPS) is 31.8.